The van der Waals surface area contributed by atoms with E-state index in [1.807, 2.05) is 0 Å². The average molecular weight is 283 g/mol. The van der Waals surface area contributed by atoms with Crippen LogP contribution in [0, 0.1) is 0 Å². The van der Waals surface area contributed by atoms with Crippen LogP contribution in [-0.4, -0.2) is 28.2 Å². The van der Waals surface area contributed by atoms with Crippen LogP contribution in [0.2, 0.25) is 0 Å². The number of hydrogen-bond acceptors (Lipinski definition) is 4. The summed E-state index contributed by atoms with van der Waals surface area (Å²) >= 11 is 0. The summed E-state index contributed by atoms with van der Waals surface area (Å²) in [5.74, 6) is 0.905. The van der Waals surface area contributed by atoms with Crippen LogP contribution in [0.15, 0.2) is 42.7 Å². The molecule has 0 bridgehead atoms. The fraction of sp³-hybridized carbons (Fsp3) is 0.412. The smallest absolute Gasteiger partial charge is 0.147 e. The molecule has 4 heteroatoms. The number of aliphatic hydroxyl groups excluding tert-OH is 1. The van der Waals surface area contributed by atoms with Crippen LogP contribution in [0.5, 0.6) is 0 Å². The molecule has 2 aromatic rings. The van der Waals surface area contributed by atoms with Gasteiger partial charge in [0.05, 0.1) is 24.7 Å². The Bertz CT molecular complexity index is 575. The summed E-state index contributed by atoms with van der Waals surface area (Å²) in [5, 5.41) is 9.02. The van der Waals surface area contributed by atoms with E-state index in [1.165, 1.54) is 5.56 Å². The molecule has 4 nitrogen and oxygen atoms in total. The summed E-state index contributed by atoms with van der Waals surface area (Å²) in [4.78, 5) is 10.9. The van der Waals surface area contributed by atoms with Crippen molar-refractivity contribution in [2.75, 3.05) is 18.0 Å². The minimum atomic E-state index is -0.0562. The molecule has 1 N–H and O–H groups in total. The van der Waals surface area contributed by atoms with E-state index in [0.717, 1.165) is 31.7 Å². The summed E-state index contributed by atoms with van der Waals surface area (Å²) in [6.45, 7) is 4.26. The molecule has 2 heterocycles. The van der Waals surface area contributed by atoms with Crippen molar-refractivity contribution in [1.82, 2.24) is 9.97 Å². The number of piperidine rings is 1. The minimum Gasteiger partial charge on any atom is -0.390 e. The molecule has 0 saturated carbocycles. The van der Waals surface area contributed by atoms with E-state index in [2.05, 4.69) is 52.1 Å². The van der Waals surface area contributed by atoms with Gasteiger partial charge in [-0.15, -0.1) is 0 Å². The van der Waals surface area contributed by atoms with E-state index in [0.29, 0.717) is 5.69 Å². The lowest BCUT2D eigenvalue weighted by atomic mass is 9.74. The van der Waals surface area contributed by atoms with E-state index >= 15 is 0 Å². The van der Waals surface area contributed by atoms with Gasteiger partial charge in [-0.05, 0) is 23.8 Å². The maximum Gasteiger partial charge on any atom is 0.147 e. The molecule has 0 atom stereocenters. The normalized spacial score (nSPS) is 17.7. The average Bonchev–Trinajstić information content (AvgIpc) is 2.57. The fourth-order valence-corrected chi connectivity index (χ4v) is 2.95. The van der Waals surface area contributed by atoms with Gasteiger partial charge in [-0.3, -0.25) is 4.98 Å². The maximum atomic E-state index is 9.02. The van der Waals surface area contributed by atoms with Crippen LogP contribution in [0.4, 0.5) is 5.82 Å². The first kappa shape index (κ1) is 14.0. The number of aromatic nitrogens is 2. The predicted octanol–water partition coefficient (Wildman–Crippen LogP) is 2.53. The molecule has 1 aliphatic rings. The molecule has 1 fully saturated rings. The van der Waals surface area contributed by atoms with Crippen molar-refractivity contribution < 1.29 is 5.11 Å². The fourth-order valence-electron chi connectivity index (χ4n) is 2.95. The van der Waals surface area contributed by atoms with Crippen molar-refractivity contribution >= 4 is 5.82 Å². The molecule has 0 amide bonds. The van der Waals surface area contributed by atoms with Gasteiger partial charge in [-0.25, -0.2) is 4.98 Å². The first-order valence-electron chi connectivity index (χ1n) is 7.43. The Kier molecular flexibility index (Phi) is 3.88. The first-order valence-corrected chi connectivity index (χ1v) is 7.43. The number of nitrogens with zero attached hydrogens (tertiary/aromatic N) is 3. The highest BCUT2D eigenvalue weighted by Gasteiger charge is 2.31. The van der Waals surface area contributed by atoms with Gasteiger partial charge in [-0.2, -0.15) is 0 Å². The highest BCUT2D eigenvalue weighted by molar-refractivity contribution is 5.38. The van der Waals surface area contributed by atoms with Crippen molar-refractivity contribution in [1.29, 1.82) is 0 Å². The predicted molar refractivity (Wildman–Crippen MR) is 83.2 cm³/mol. The van der Waals surface area contributed by atoms with E-state index in [-0.39, 0.29) is 12.0 Å². The van der Waals surface area contributed by atoms with Gasteiger partial charge in [-0.1, -0.05) is 37.3 Å². The van der Waals surface area contributed by atoms with Crippen molar-refractivity contribution in [2.45, 2.75) is 31.8 Å². The molecule has 1 saturated heterocycles. The van der Waals surface area contributed by atoms with E-state index in [1.54, 1.807) is 12.4 Å². The van der Waals surface area contributed by atoms with E-state index in [4.69, 9.17) is 5.11 Å². The number of anilines is 1. The Morgan fingerprint density at radius 2 is 1.81 bits per heavy atom. The maximum absolute atomic E-state index is 9.02. The van der Waals surface area contributed by atoms with Crippen LogP contribution in [0.1, 0.15) is 31.0 Å². The number of benzene rings is 1. The van der Waals surface area contributed by atoms with Crippen LogP contribution in [-0.2, 0) is 12.0 Å². The van der Waals surface area contributed by atoms with Crippen LogP contribution >= 0.6 is 0 Å². The largest absolute Gasteiger partial charge is 0.390 e. The van der Waals surface area contributed by atoms with Gasteiger partial charge in [0.2, 0.25) is 0 Å². The number of rotatable bonds is 3. The lowest BCUT2D eigenvalue weighted by Crippen LogP contribution is -2.41. The minimum absolute atomic E-state index is 0.0562. The lowest BCUT2D eigenvalue weighted by Gasteiger charge is -2.40. The van der Waals surface area contributed by atoms with E-state index < -0.39 is 0 Å². The number of hydrogen-bond donors (Lipinski definition) is 1. The molecule has 110 valence electrons. The van der Waals surface area contributed by atoms with Gasteiger partial charge in [0.25, 0.3) is 0 Å². The molecule has 1 aromatic heterocycles. The summed E-state index contributed by atoms with van der Waals surface area (Å²) < 4.78 is 0. The molecule has 0 unspecified atom stereocenters. The van der Waals surface area contributed by atoms with Crippen LogP contribution < -0.4 is 4.90 Å². The Morgan fingerprint density at radius 3 is 2.38 bits per heavy atom. The van der Waals surface area contributed by atoms with Gasteiger partial charge in [0.15, 0.2) is 0 Å². The zero-order valence-electron chi connectivity index (χ0n) is 12.4. The molecule has 0 radical (unpaired) electrons. The van der Waals surface area contributed by atoms with Gasteiger partial charge in [0, 0.05) is 13.1 Å². The topological polar surface area (TPSA) is 49.2 Å². The third-order valence-electron chi connectivity index (χ3n) is 4.52. The Balaban J connectivity index is 1.69. The third-order valence-corrected chi connectivity index (χ3v) is 4.52. The first-order chi connectivity index (χ1) is 10.2. The molecular weight excluding hydrogens is 262 g/mol. The summed E-state index contributed by atoms with van der Waals surface area (Å²) in [5.41, 5.74) is 2.28. The zero-order chi connectivity index (χ0) is 14.7. The molecular formula is C17H21N3O. The standard InChI is InChI=1S/C17H21N3O/c1-17(14-5-3-2-4-6-14)7-9-20(10-8-17)16-12-18-15(13-21)11-19-16/h2-6,11-12,21H,7-10,13H2,1H3. The van der Waals surface area contributed by atoms with Gasteiger partial charge < -0.3 is 10.0 Å². The third kappa shape index (κ3) is 2.90. The molecule has 21 heavy (non-hydrogen) atoms. The molecule has 0 spiro atoms. The molecule has 3 rings (SSSR count). The van der Waals surface area contributed by atoms with Crippen molar-refractivity contribution in [3.8, 4) is 0 Å². The molecule has 1 aromatic carbocycles. The van der Waals surface area contributed by atoms with Gasteiger partial charge in [0.1, 0.15) is 5.82 Å². The van der Waals surface area contributed by atoms with Crippen molar-refractivity contribution in [3.63, 3.8) is 0 Å². The van der Waals surface area contributed by atoms with Crippen LogP contribution in [0.25, 0.3) is 0 Å². The number of aliphatic hydroxyl groups is 1. The van der Waals surface area contributed by atoms with Crippen molar-refractivity contribution in [2.24, 2.45) is 0 Å². The van der Waals surface area contributed by atoms with Gasteiger partial charge >= 0.3 is 0 Å². The summed E-state index contributed by atoms with van der Waals surface area (Å²) in [7, 11) is 0. The quantitative estimate of drug-likeness (QED) is 0.940. The Hall–Kier alpha value is -1.94. The molecule has 0 aliphatic carbocycles. The Morgan fingerprint density at radius 1 is 1.10 bits per heavy atom. The highest BCUT2D eigenvalue weighted by atomic mass is 16.3. The second-order valence-electron chi connectivity index (χ2n) is 5.94. The van der Waals surface area contributed by atoms with Crippen LogP contribution in [0.3, 0.4) is 0 Å². The lowest BCUT2D eigenvalue weighted by molar-refractivity contribution is 0.276. The summed E-state index contributed by atoms with van der Waals surface area (Å²) in [6, 6.07) is 10.8. The monoisotopic (exact) mass is 283 g/mol. The second kappa shape index (κ2) is 5.82. The zero-order valence-corrected chi connectivity index (χ0v) is 12.4. The Labute approximate surface area is 125 Å². The van der Waals surface area contributed by atoms with Crippen molar-refractivity contribution in [3.05, 3.63) is 54.0 Å². The molecule has 1 aliphatic heterocycles. The van der Waals surface area contributed by atoms with E-state index in [9.17, 15) is 0 Å². The SMILES string of the molecule is CC1(c2ccccc2)CCN(c2cnc(CO)cn2)CC1. The highest BCUT2D eigenvalue weighted by Crippen LogP contribution is 2.35. The summed E-state index contributed by atoms with van der Waals surface area (Å²) in [6.07, 6.45) is 5.64. The second-order valence-corrected chi connectivity index (χ2v) is 5.94.